The van der Waals surface area contributed by atoms with E-state index in [0.717, 1.165) is 117 Å². The van der Waals surface area contributed by atoms with Crippen molar-refractivity contribution in [3.8, 4) is 0 Å². The number of carbonyl (C=O) groups excluding carboxylic acids is 1. The van der Waals surface area contributed by atoms with Gasteiger partial charge in [0.05, 0.1) is 17.3 Å². The van der Waals surface area contributed by atoms with Crippen molar-refractivity contribution >= 4 is 11.9 Å². The third-order valence-corrected chi connectivity index (χ3v) is 22.6. The highest BCUT2D eigenvalue weighted by atomic mass is 16.5. The van der Waals surface area contributed by atoms with Crippen molar-refractivity contribution in [1.29, 1.82) is 0 Å². The number of aliphatic hydroxyl groups excluding tert-OH is 1. The first-order valence-electron chi connectivity index (χ1n) is 30.1. The van der Waals surface area contributed by atoms with Crippen LogP contribution in [-0.2, 0) is 4.74 Å². The molecule has 416 valence electrons. The Morgan fingerprint density at radius 1 is 0.627 bits per heavy atom. The highest BCUT2D eigenvalue weighted by Crippen LogP contribution is 2.69. The predicted octanol–water partition coefficient (Wildman–Crippen LogP) is 15.0. The highest BCUT2D eigenvalue weighted by Gasteiger charge is 2.61. The minimum absolute atomic E-state index is 0.0279. The molecule has 6 saturated carbocycles. The number of hydrogen-bond acceptors (Lipinski definition) is 8. The Bertz CT molecular complexity index is 2300. The van der Waals surface area contributed by atoms with Crippen molar-refractivity contribution in [2.45, 2.75) is 234 Å². The molecule has 0 bridgehead atoms. The van der Waals surface area contributed by atoms with Crippen LogP contribution in [0.1, 0.15) is 231 Å². The largest absolute Gasteiger partial charge is 0.477 e. The molecule has 6 fully saturated rings. The number of carboxylic acids is 1. The molecule has 10 rings (SSSR count). The topological polar surface area (TPSA) is 150 Å². The van der Waals surface area contributed by atoms with Gasteiger partial charge in [0, 0.05) is 18.8 Å². The minimum atomic E-state index is -0.990. The summed E-state index contributed by atoms with van der Waals surface area (Å²) in [5, 5.41) is 38.8. The quantitative estimate of drug-likeness (QED) is 0.114. The summed E-state index contributed by atoms with van der Waals surface area (Å²) >= 11 is 0. The van der Waals surface area contributed by atoms with Crippen LogP contribution in [-0.4, -0.2) is 65.7 Å². The van der Waals surface area contributed by atoms with Gasteiger partial charge in [-0.05, 0) is 242 Å². The van der Waals surface area contributed by atoms with E-state index in [-0.39, 0.29) is 29.3 Å². The maximum absolute atomic E-state index is 12.6. The molecule has 0 unspecified atom stereocenters. The highest BCUT2D eigenvalue weighted by molar-refractivity contribution is 5.87. The maximum atomic E-state index is 12.6. The van der Waals surface area contributed by atoms with Gasteiger partial charge in [-0.3, -0.25) is 0 Å². The molecule has 0 aromatic carbocycles. The van der Waals surface area contributed by atoms with Gasteiger partial charge in [0.25, 0.3) is 0 Å². The van der Waals surface area contributed by atoms with Crippen molar-refractivity contribution < 1.29 is 34.8 Å². The predicted molar refractivity (Wildman–Crippen MR) is 300 cm³/mol. The van der Waals surface area contributed by atoms with Crippen molar-refractivity contribution in [3.05, 3.63) is 83.5 Å². The Balaban J connectivity index is 0.000000174. The molecule has 0 radical (unpaired) electrons. The van der Waals surface area contributed by atoms with Crippen LogP contribution in [0.2, 0.25) is 0 Å². The first kappa shape index (κ1) is 57.8. The summed E-state index contributed by atoms with van der Waals surface area (Å²) in [4.78, 5) is 30.5. The Hall–Kier alpha value is -3.40. The number of esters is 1. The zero-order valence-electron chi connectivity index (χ0n) is 48.2. The number of carbonyl (C=O) groups is 2. The molecule has 9 nitrogen and oxygen atoms in total. The van der Waals surface area contributed by atoms with Crippen LogP contribution in [0.15, 0.2) is 72.1 Å². The van der Waals surface area contributed by atoms with Crippen molar-refractivity contribution in [3.63, 3.8) is 0 Å². The minimum Gasteiger partial charge on any atom is -0.477 e. The summed E-state index contributed by atoms with van der Waals surface area (Å²) in [6.45, 7) is 23.1. The summed E-state index contributed by atoms with van der Waals surface area (Å²) in [6, 6.07) is 10.2. The average molecular weight is 1030 g/mol. The fourth-order valence-corrected chi connectivity index (χ4v) is 18.6. The molecule has 0 saturated heterocycles. The lowest BCUT2D eigenvalue weighted by atomic mass is 9.47. The number of aromatic nitrogens is 2. The number of pyridine rings is 2. The third kappa shape index (κ3) is 12.6. The Kier molecular flexibility index (Phi) is 17.8. The summed E-state index contributed by atoms with van der Waals surface area (Å²) in [5.74, 6) is 6.93. The van der Waals surface area contributed by atoms with E-state index in [2.05, 4.69) is 63.7 Å². The number of aliphatic hydroxyl groups is 3. The second-order valence-corrected chi connectivity index (χ2v) is 28.2. The van der Waals surface area contributed by atoms with E-state index in [9.17, 15) is 24.9 Å². The lowest BCUT2D eigenvalue weighted by Crippen LogP contribution is -2.51. The van der Waals surface area contributed by atoms with E-state index >= 15 is 0 Å². The van der Waals surface area contributed by atoms with E-state index < -0.39 is 17.2 Å². The van der Waals surface area contributed by atoms with Crippen molar-refractivity contribution in [2.75, 3.05) is 0 Å². The van der Waals surface area contributed by atoms with Gasteiger partial charge >= 0.3 is 11.9 Å². The van der Waals surface area contributed by atoms with E-state index in [4.69, 9.17) is 9.84 Å². The Morgan fingerprint density at radius 2 is 1.09 bits per heavy atom. The van der Waals surface area contributed by atoms with Crippen LogP contribution in [0.25, 0.3) is 0 Å². The van der Waals surface area contributed by atoms with E-state index in [1.54, 1.807) is 35.5 Å². The zero-order chi connectivity index (χ0) is 54.1. The van der Waals surface area contributed by atoms with Gasteiger partial charge in [0.15, 0.2) is 0 Å². The number of carboxylic acid groups (broad SMARTS) is 1. The molecule has 2 aromatic rings. The SMILES string of the molecule is C[C@H](CCCC(C)(C)O)[C@H]1CC[C@H]2[C@@H]3CC=C4C[C@@H](O)CC[C@]4(C)[C@H]3CC[C@]12C.C[C@H](CCCC(C)(C)O)[C@H]1CC[C@H]2[C@@H]3CC=C4C[C@@H](OC(=O)c5ccccn5)CC[C@]4(C)[C@H]3CC[C@]12C.O=C(O)c1ccccn1. The number of ether oxygens (including phenoxy) is 1. The van der Waals surface area contributed by atoms with E-state index in [0.29, 0.717) is 21.9 Å². The second-order valence-electron chi connectivity index (χ2n) is 28.2. The normalized spacial score (nSPS) is 37.6. The third-order valence-electron chi connectivity index (χ3n) is 22.6. The van der Waals surface area contributed by atoms with Gasteiger partial charge in [0.1, 0.15) is 17.5 Å². The number of rotatable bonds is 13. The van der Waals surface area contributed by atoms with Crippen LogP contribution in [0, 0.1) is 80.8 Å². The Morgan fingerprint density at radius 3 is 1.53 bits per heavy atom. The second kappa shape index (κ2) is 23.1. The summed E-state index contributed by atoms with van der Waals surface area (Å²) in [6.07, 6.45) is 34.4. The molecule has 8 aliphatic rings. The molecule has 2 aromatic heterocycles. The monoisotopic (exact) mass is 1030 g/mol. The van der Waals surface area contributed by atoms with Crippen molar-refractivity contribution in [2.24, 2.45) is 80.8 Å². The first-order chi connectivity index (χ1) is 35.4. The van der Waals surface area contributed by atoms with Crippen LogP contribution in [0.3, 0.4) is 0 Å². The number of hydrogen-bond donors (Lipinski definition) is 4. The zero-order valence-corrected chi connectivity index (χ0v) is 48.2. The van der Waals surface area contributed by atoms with Crippen LogP contribution in [0.5, 0.6) is 0 Å². The maximum Gasteiger partial charge on any atom is 0.357 e. The van der Waals surface area contributed by atoms with Crippen LogP contribution < -0.4 is 0 Å². The molecule has 2 heterocycles. The fraction of sp³-hybridized carbons (Fsp3) is 0.758. The van der Waals surface area contributed by atoms with Crippen LogP contribution >= 0.6 is 0 Å². The standard InChI is InChI=1S/C33H49NO3.C27H46O2.C6H5NO2/c1-22(9-8-17-31(2,3)36)26-13-14-27-25-12-11-23-21-24(37-30(35)29-10-6-7-20-34-29)15-18-32(23,4)28(25)16-19-33(26,27)5;1-18(7-6-14-25(2,3)29)22-10-11-23-21-9-8-19-17-20(28)12-15-26(19,4)24(21)13-16-27(22,23)5;8-6(9)5-3-1-2-4-7-5/h6-7,10-11,20,22,24-28,36H,8-9,12-19,21H2,1-5H3;8,18,20-24,28-29H,6-7,9-17H2,1-5H3;1-4H,(H,8,9)/t22-,24+,25+,26-,27+,28+,32+,33-;18-,20+,21+,22-,23+,24+,26+,27-;/m11./s1. The molecule has 0 spiro atoms. The van der Waals surface area contributed by atoms with E-state index in [1.807, 2.05) is 39.8 Å². The van der Waals surface area contributed by atoms with Gasteiger partial charge in [-0.2, -0.15) is 0 Å². The van der Waals surface area contributed by atoms with E-state index in [1.165, 1.54) is 95.7 Å². The molecular formula is C66H100N2O7. The van der Waals surface area contributed by atoms with Gasteiger partial charge in [-0.25, -0.2) is 19.6 Å². The molecule has 0 amide bonds. The summed E-state index contributed by atoms with van der Waals surface area (Å²) in [5.41, 5.74) is 4.17. The number of fused-ring (bicyclic) bond motifs is 10. The molecule has 8 aliphatic carbocycles. The number of aromatic carboxylic acids is 1. The molecular weight excluding hydrogens is 933 g/mol. The number of allylic oxidation sites excluding steroid dienone is 2. The smallest absolute Gasteiger partial charge is 0.357 e. The summed E-state index contributed by atoms with van der Waals surface area (Å²) < 4.78 is 5.93. The lowest BCUT2D eigenvalue weighted by molar-refractivity contribution is -0.0597. The average Bonchev–Trinajstić information content (AvgIpc) is 3.91. The van der Waals surface area contributed by atoms with Crippen molar-refractivity contribution in [1.82, 2.24) is 9.97 Å². The molecule has 16 atom stereocenters. The summed E-state index contributed by atoms with van der Waals surface area (Å²) in [7, 11) is 0. The fourth-order valence-electron chi connectivity index (χ4n) is 18.6. The molecule has 75 heavy (non-hydrogen) atoms. The molecule has 9 heteroatoms. The Labute approximate surface area is 453 Å². The van der Waals surface area contributed by atoms with Gasteiger partial charge in [-0.1, -0.05) is 103 Å². The number of nitrogens with zero attached hydrogens (tertiary/aromatic N) is 2. The molecule has 4 N–H and O–H groups in total. The van der Waals surface area contributed by atoms with Gasteiger partial charge in [-0.15, -0.1) is 0 Å². The van der Waals surface area contributed by atoms with Crippen LogP contribution in [0.4, 0.5) is 0 Å². The van der Waals surface area contributed by atoms with Gasteiger partial charge < -0.3 is 25.2 Å². The molecule has 0 aliphatic heterocycles. The first-order valence-corrected chi connectivity index (χ1v) is 30.1. The van der Waals surface area contributed by atoms with Gasteiger partial charge in [0.2, 0.25) is 0 Å². The lowest BCUT2D eigenvalue weighted by Gasteiger charge is -2.58.